The largest absolute Gasteiger partial charge is 0.385 e. The predicted molar refractivity (Wildman–Crippen MR) is 59.8 cm³/mol. The van der Waals surface area contributed by atoms with Crippen molar-refractivity contribution in [2.75, 3.05) is 26.8 Å². The highest BCUT2D eigenvalue weighted by atomic mass is 32.2. The van der Waals surface area contributed by atoms with E-state index in [1.807, 2.05) is 4.90 Å². The van der Waals surface area contributed by atoms with Crippen LogP contribution in [0.4, 0.5) is 0 Å². The molecule has 0 aromatic heterocycles. The first-order valence-corrected chi connectivity index (χ1v) is 5.95. The van der Waals surface area contributed by atoms with Crippen LogP contribution in [0.2, 0.25) is 0 Å². The predicted octanol–water partition coefficient (Wildman–Crippen LogP) is 0.903. The topological polar surface area (TPSA) is 46.6 Å². The van der Waals surface area contributed by atoms with E-state index in [4.69, 9.17) is 4.74 Å². The van der Waals surface area contributed by atoms with Crippen LogP contribution in [0.1, 0.15) is 19.8 Å². The summed E-state index contributed by atoms with van der Waals surface area (Å²) in [4.78, 5) is 24.2. The second-order valence-electron chi connectivity index (χ2n) is 3.62. The summed E-state index contributed by atoms with van der Waals surface area (Å²) in [5.74, 6) is 0.157. The number of rotatable bonds is 5. The van der Waals surface area contributed by atoms with Crippen LogP contribution in [-0.2, 0) is 14.3 Å². The van der Waals surface area contributed by atoms with Gasteiger partial charge in [0.1, 0.15) is 0 Å². The van der Waals surface area contributed by atoms with Crippen LogP contribution >= 0.6 is 11.8 Å². The standard InChI is InChI=1S/C10H17NO3S/c1-8(12)15-9-6-10(13)11(7-9)4-3-5-14-2/h9H,3-7H2,1-2H3. The summed E-state index contributed by atoms with van der Waals surface area (Å²) >= 11 is 1.28. The van der Waals surface area contributed by atoms with E-state index >= 15 is 0 Å². The number of methoxy groups -OCH3 is 1. The second kappa shape index (κ2) is 6.12. The molecule has 0 spiro atoms. The van der Waals surface area contributed by atoms with Crippen molar-refractivity contribution in [1.29, 1.82) is 0 Å². The lowest BCUT2D eigenvalue weighted by molar-refractivity contribution is -0.127. The molecule has 15 heavy (non-hydrogen) atoms. The lowest BCUT2D eigenvalue weighted by Gasteiger charge is -2.15. The van der Waals surface area contributed by atoms with Gasteiger partial charge in [-0.05, 0) is 6.42 Å². The van der Waals surface area contributed by atoms with E-state index in [1.165, 1.54) is 11.8 Å². The van der Waals surface area contributed by atoms with Crippen molar-refractivity contribution in [1.82, 2.24) is 4.90 Å². The maximum Gasteiger partial charge on any atom is 0.223 e. The third-order valence-corrected chi connectivity index (χ3v) is 3.27. The van der Waals surface area contributed by atoms with E-state index in [-0.39, 0.29) is 16.3 Å². The van der Waals surface area contributed by atoms with Crippen LogP contribution in [0.25, 0.3) is 0 Å². The van der Waals surface area contributed by atoms with Gasteiger partial charge in [0, 0.05) is 45.4 Å². The van der Waals surface area contributed by atoms with Crippen molar-refractivity contribution in [2.24, 2.45) is 0 Å². The molecule has 1 unspecified atom stereocenters. The molecule has 86 valence electrons. The van der Waals surface area contributed by atoms with Gasteiger partial charge in [-0.3, -0.25) is 9.59 Å². The molecule has 0 aromatic carbocycles. The van der Waals surface area contributed by atoms with Gasteiger partial charge in [-0.25, -0.2) is 0 Å². The Balaban J connectivity index is 2.29. The number of nitrogens with zero attached hydrogens (tertiary/aromatic N) is 1. The lowest BCUT2D eigenvalue weighted by atomic mass is 10.4. The van der Waals surface area contributed by atoms with Crippen LogP contribution in [-0.4, -0.2) is 48.0 Å². The smallest absolute Gasteiger partial charge is 0.223 e. The van der Waals surface area contributed by atoms with Crippen molar-refractivity contribution >= 4 is 22.8 Å². The van der Waals surface area contributed by atoms with Gasteiger partial charge in [0.05, 0.1) is 0 Å². The van der Waals surface area contributed by atoms with Crippen LogP contribution in [0, 0.1) is 0 Å². The molecule has 1 fully saturated rings. The van der Waals surface area contributed by atoms with E-state index < -0.39 is 0 Å². The molecule has 5 heteroatoms. The van der Waals surface area contributed by atoms with Crippen LogP contribution in [0.3, 0.4) is 0 Å². The summed E-state index contributed by atoms with van der Waals surface area (Å²) in [5.41, 5.74) is 0. The Hall–Kier alpha value is -0.550. The Bertz CT molecular complexity index is 245. The first-order chi connectivity index (χ1) is 7.13. The maximum absolute atomic E-state index is 11.5. The Morgan fingerprint density at radius 3 is 3.00 bits per heavy atom. The van der Waals surface area contributed by atoms with Crippen molar-refractivity contribution in [2.45, 2.75) is 25.0 Å². The van der Waals surface area contributed by atoms with Gasteiger partial charge in [0.2, 0.25) is 5.91 Å². The third-order valence-electron chi connectivity index (χ3n) is 2.29. The average molecular weight is 231 g/mol. The maximum atomic E-state index is 11.5. The fourth-order valence-corrected chi connectivity index (χ4v) is 2.62. The summed E-state index contributed by atoms with van der Waals surface area (Å²) in [6.45, 7) is 3.66. The molecule has 0 radical (unpaired) electrons. The van der Waals surface area contributed by atoms with Crippen molar-refractivity contribution in [3.63, 3.8) is 0 Å². The lowest BCUT2D eigenvalue weighted by Crippen LogP contribution is -2.27. The van der Waals surface area contributed by atoms with Crippen LogP contribution in [0.15, 0.2) is 0 Å². The number of hydrogen-bond donors (Lipinski definition) is 0. The number of likely N-dealkylation sites (tertiary alicyclic amines) is 1. The first-order valence-electron chi connectivity index (χ1n) is 5.07. The fourth-order valence-electron chi connectivity index (χ4n) is 1.67. The van der Waals surface area contributed by atoms with Crippen molar-refractivity contribution in [3.05, 3.63) is 0 Å². The van der Waals surface area contributed by atoms with Gasteiger partial charge in [-0.15, -0.1) is 0 Å². The highest BCUT2D eigenvalue weighted by Gasteiger charge is 2.30. The molecular formula is C10H17NO3S. The minimum absolute atomic E-state index is 0.0894. The van der Waals surface area contributed by atoms with E-state index in [9.17, 15) is 9.59 Å². The molecular weight excluding hydrogens is 214 g/mol. The van der Waals surface area contributed by atoms with E-state index in [0.717, 1.165) is 13.0 Å². The molecule has 1 heterocycles. The minimum Gasteiger partial charge on any atom is -0.385 e. The van der Waals surface area contributed by atoms with Gasteiger partial charge in [-0.2, -0.15) is 0 Å². The summed E-state index contributed by atoms with van der Waals surface area (Å²) in [6, 6.07) is 0. The average Bonchev–Trinajstić information content (AvgIpc) is 2.46. The van der Waals surface area contributed by atoms with Crippen molar-refractivity contribution in [3.8, 4) is 0 Å². The molecule has 0 bridgehead atoms. The minimum atomic E-state index is 0.0894. The molecule has 1 aliphatic rings. The van der Waals surface area contributed by atoms with E-state index in [2.05, 4.69) is 0 Å². The summed E-state index contributed by atoms with van der Waals surface area (Å²) < 4.78 is 4.93. The molecule has 0 N–H and O–H groups in total. The monoisotopic (exact) mass is 231 g/mol. The number of hydrogen-bond acceptors (Lipinski definition) is 4. The molecule has 1 atom stereocenters. The normalized spacial score (nSPS) is 21.1. The van der Waals surface area contributed by atoms with Gasteiger partial charge < -0.3 is 9.64 Å². The van der Waals surface area contributed by atoms with Crippen molar-refractivity contribution < 1.29 is 14.3 Å². The molecule has 1 amide bonds. The zero-order valence-corrected chi connectivity index (χ0v) is 10.0. The molecule has 0 aromatic rings. The van der Waals surface area contributed by atoms with Crippen LogP contribution in [0.5, 0.6) is 0 Å². The van der Waals surface area contributed by atoms with Crippen LogP contribution < -0.4 is 0 Å². The third kappa shape index (κ3) is 4.22. The Kier molecular flexibility index (Phi) is 5.11. The number of amides is 1. The zero-order valence-electron chi connectivity index (χ0n) is 9.19. The van der Waals surface area contributed by atoms with Gasteiger partial charge in [0.15, 0.2) is 5.12 Å². The van der Waals surface area contributed by atoms with E-state index in [1.54, 1.807) is 14.0 Å². The Labute approximate surface area is 94.3 Å². The number of thioether (sulfide) groups is 1. The summed E-state index contributed by atoms with van der Waals surface area (Å²) in [5, 5.41) is 0.240. The molecule has 1 saturated heterocycles. The number of ether oxygens (including phenoxy) is 1. The quantitative estimate of drug-likeness (QED) is 0.660. The summed E-state index contributed by atoms with van der Waals surface area (Å²) in [6.07, 6.45) is 1.36. The number of carbonyl (C=O) groups is 2. The van der Waals surface area contributed by atoms with Gasteiger partial charge in [0.25, 0.3) is 0 Å². The second-order valence-corrected chi connectivity index (χ2v) is 5.10. The van der Waals surface area contributed by atoms with Gasteiger partial charge in [-0.1, -0.05) is 11.8 Å². The molecule has 0 aliphatic carbocycles. The zero-order chi connectivity index (χ0) is 11.3. The highest BCUT2D eigenvalue weighted by molar-refractivity contribution is 8.14. The molecule has 1 aliphatic heterocycles. The van der Waals surface area contributed by atoms with E-state index in [0.29, 0.717) is 19.6 Å². The Morgan fingerprint density at radius 1 is 1.67 bits per heavy atom. The molecule has 4 nitrogen and oxygen atoms in total. The van der Waals surface area contributed by atoms with Gasteiger partial charge >= 0.3 is 0 Å². The first kappa shape index (κ1) is 12.5. The molecule has 1 rings (SSSR count). The Morgan fingerprint density at radius 2 is 2.40 bits per heavy atom. The summed E-state index contributed by atoms with van der Waals surface area (Å²) in [7, 11) is 1.65. The number of carbonyl (C=O) groups excluding carboxylic acids is 2. The fraction of sp³-hybridized carbons (Fsp3) is 0.800. The SMILES string of the molecule is COCCCN1CC(SC(C)=O)CC1=O. The highest BCUT2D eigenvalue weighted by Crippen LogP contribution is 2.24. The molecule has 0 saturated carbocycles.